The van der Waals surface area contributed by atoms with Gasteiger partial charge >= 0.3 is 0 Å². The van der Waals surface area contributed by atoms with E-state index in [0.29, 0.717) is 5.88 Å². The van der Waals surface area contributed by atoms with Crippen LogP contribution in [-0.2, 0) is 5.54 Å². The van der Waals surface area contributed by atoms with Crippen molar-refractivity contribution in [1.82, 2.24) is 4.98 Å². The third kappa shape index (κ3) is 1.29. The van der Waals surface area contributed by atoms with E-state index in [2.05, 4.69) is 4.98 Å². The molecule has 1 heterocycles. The third-order valence-electron chi connectivity index (χ3n) is 2.75. The summed E-state index contributed by atoms with van der Waals surface area (Å²) in [7, 11) is 1.63. The highest BCUT2D eigenvalue weighted by molar-refractivity contribution is 5.34. The van der Waals surface area contributed by atoms with Crippen LogP contribution in [0.3, 0.4) is 0 Å². The van der Waals surface area contributed by atoms with E-state index in [4.69, 9.17) is 10.5 Å². The van der Waals surface area contributed by atoms with Gasteiger partial charge < -0.3 is 10.5 Å². The minimum atomic E-state index is -0.181. The molecule has 1 aliphatic carbocycles. The highest BCUT2D eigenvalue weighted by atomic mass is 16.5. The lowest BCUT2D eigenvalue weighted by molar-refractivity contribution is 0.241. The fourth-order valence-corrected chi connectivity index (χ4v) is 1.76. The molecular formula is C10H14N2O. The van der Waals surface area contributed by atoms with Crippen LogP contribution in [0.15, 0.2) is 18.3 Å². The summed E-state index contributed by atoms with van der Waals surface area (Å²) in [6, 6.07) is 3.91. The molecule has 0 spiro atoms. The Labute approximate surface area is 77.9 Å². The molecule has 1 fully saturated rings. The molecule has 0 aliphatic heterocycles. The number of nitrogens with two attached hydrogens (primary N) is 1. The molecule has 3 heteroatoms. The van der Waals surface area contributed by atoms with Crippen molar-refractivity contribution in [3.8, 4) is 5.88 Å². The quantitative estimate of drug-likeness (QED) is 0.745. The highest BCUT2D eigenvalue weighted by Crippen LogP contribution is 2.41. The second kappa shape index (κ2) is 3.00. The van der Waals surface area contributed by atoms with Gasteiger partial charge in [0, 0.05) is 17.3 Å². The molecule has 0 amide bonds. The minimum absolute atomic E-state index is 0.181. The van der Waals surface area contributed by atoms with Crippen LogP contribution in [0.5, 0.6) is 5.88 Å². The van der Waals surface area contributed by atoms with Crippen molar-refractivity contribution in [2.45, 2.75) is 24.8 Å². The smallest absolute Gasteiger partial charge is 0.218 e. The largest absolute Gasteiger partial charge is 0.481 e. The van der Waals surface area contributed by atoms with E-state index >= 15 is 0 Å². The number of aromatic nitrogens is 1. The van der Waals surface area contributed by atoms with Crippen molar-refractivity contribution < 1.29 is 4.74 Å². The van der Waals surface area contributed by atoms with E-state index < -0.39 is 0 Å². The van der Waals surface area contributed by atoms with Crippen LogP contribution in [-0.4, -0.2) is 12.1 Å². The summed E-state index contributed by atoms with van der Waals surface area (Å²) in [5.74, 6) is 0.671. The molecule has 0 aromatic carbocycles. The molecule has 2 N–H and O–H groups in total. The standard InChI is InChI=1S/C10H14N2O/c1-13-9-8(4-2-7-12-9)10(11)5-3-6-10/h2,4,7H,3,5-6,11H2,1H3. The zero-order valence-corrected chi connectivity index (χ0v) is 7.79. The third-order valence-corrected chi connectivity index (χ3v) is 2.75. The Morgan fingerprint density at radius 3 is 2.85 bits per heavy atom. The lowest BCUT2D eigenvalue weighted by Gasteiger charge is -2.38. The number of rotatable bonds is 2. The Bertz CT molecular complexity index is 308. The second-order valence-electron chi connectivity index (χ2n) is 3.57. The van der Waals surface area contributed by atoms with Crippen LogP contribution in [0, 0.1) is 0 Å². The molecule has 13 heavy (non-hydrogen) atoms. The highest BCUT2D eigenvalue weighted by Gasteiger charge is 2.36. The molecule has 0 bridgehead atoms. The average Bonchev–Trinajstić information content (AvgIpc) is 2.14. The number of methoxy groups -OCH3 is 1. The lowest BCUT2D eigenvalue weighted by Crippen LogP contribution is -2.43. The first-order valence-electron chi connectivity index (χ1n) is 4.55. The number of nitrogens with zero attached hydrogens (tertiary/aromatic N) is 1. The van der Waals surface area contributed by atoms with Crippen molar-refractivity contribution >= 4 is 0 Å². The normalized spacial score (nSPS) is 19.2. The summed E-state index contributed by atoms with van der Waals surface area (Å²) in [6.45, 7) is 0. The lowest BCUT2D eigenvalue weighted by atomic mass is 9.73. The fraction of sp³-hybridized carbons (Fsp3) is 0.500. The molecule has 0 unspecified atom stereocenters. The molecule has 1 aromatic rings. The number of pyridine rings is 1. The summed E-state index contributed by atoms with van der Waals surface area (Å²) in [5.41, 5.74) is 7.04. The topological polar surface area (TPSA) is 48.1 Å². The molecule has 0 saturated heterocycles. The van der Waals surface area contributed by atoms with Crippen LogP contribution in [0.1, 0.15) is 24.8 Å². The molecule has 0 radical (unpaired) electrons. The molecule has 1 aromatic heterocycles. The Balaban J connectivity index is 2.38. The van der Waals surface area contributed by atoms with E-state index in [1.54, 1.807) is 13.3 Å². The number of hydrogen-bond acceptors (Lipinski definition) is 3. The van der Waals surface area contributed by atoms with Gasteiger partial charge in [-0.25, -0.2) is 4.98 Å². The summed E-state index contributed by atoms with van der Waals surface area (Å²) in [4.78, 5) is 4.14. The van der Waals surface area contributed by atoms with Gasteiger partial charge in [0.15, 0.2) is 0 Å². The SMILES string of the molecule is COc1ncccc1C1(N)CCC1. The zero-order valence-electron chi connectivity index (χ0n) is 7.79. The fourth-order valence-electron chi connectivity index (χ4n) is 1.76. The number of hydrogen-bond donors (Lipinski definition) is 1. The van der Waals surface area contributed by atoms with Gasteiger partial charge in [0.2, 0.25) is 5.88 Å². The zero-order chi connectivity index (χ0) is 9.31. The van der Waals surface area contributed by atoms with Crippen molar-refractivity contribution in [2.24, 2.45) is 5.73 Å². The molecule has 70 valence electrons. The van der Waals surface area contributed by atoms with Gasteiger partial charge in [-0.3, -0.25) is 0 Å². The van der Waals surface area contributed by atoms with E-state index in [9.17, 15) is 0 Å². The Kier molecular flexibility index (Phi) is 1.96. The van der Waals surface area contributed by atoms with Crippen molar-refractivity contribution in [3.63, 3.8) is 0 Å². The summed E-state index contributed by atoms with van der Waals surface area (Å²) >= 11 is 0. The van der Waals surface area contributed by atoms with Gasteiger partial charge in [0.25, 0.3) is 0 Å². The maximum atomic E-state index is 6.18. The van der Waals surface area contributed by atoms with Gasteiger partial charge in [-0.15, -0.1) is 0 Å². The first kappa shape index (κ1) is 8.51. The van der Waals surface area contributed by atoms with E-state index in [1.807, 2.05) is 12.1 Å². The van der Waals surface area contributed by atoms with Gasteiger partial charge in [0.05, 0.1) is 7.11 Å². The Morgan fingerprint density at radius 1 is 1.54 bits per heavy atom. The van der Waals surface area contributed by atoms with Crippen LogP contribution in [0.4, 0.5) is 0 Å². The van der Waals surface area contributed by atoms with E-state index in [-0.39, 0.29) is 5.54 Å². The van der Waals surface area contributed by atoms with E-state index in [0.717, 1.165) is 18.4 Å². The summed E-state index contributed by atoms with van der Waals surface area (Å²) in [6.07, 6.45) is 5.00. The molecule has 0 atom stereocenters. The first-order chi connectivity index (χ1) is 6.26. The first-order valence-corrected chi connectivity index (χ1v) is 4.55. The average molecular weight is 178 g/mol. The number of ether oxygens (including phenoxy) is 1. The Morgan fingerprint density at radius 2 is 2.31 bits per heavy atom. The molecule has 1 saturated carbocycles. The Hall–Kier alpha value is -1.09. The van der Waals surface area contributed by atoms with Crippen molar-refractivity contribution in [3.05, 3.63) is 23.9 Å². The molecule has 2 rings (SSSR count). The maximum absolute atomic E-state index is 6.18. The van der Waals surface area contributed by atoms with Crippen LogP contribution >= 0.6 is 0 Å². The van der Waals surface area contributed by atoms with Crippen LogP contribution in [0.25, 0.3) is 0 Å². The van der Waals surface area contributed by atoms with E-state index in [1.165, 1.54) is 6.42 Å². The predicted octanol–water partition coefficient (Wildman–Crippen LogP) is 1.43. The van der Waals surface area contributed by atoms with Gasteiger partial charge in [-0.2, -0.15) is 0 Å². The summed E-state index contributed by atoms with van der Waals surface area (Å²) < 4.78 is 5.18. The summed E-state index contributed by atoms with van der Waals surface area (Å²) in [5, 5.41) is 0. The van der Waals surface area contributed by atoms with Crippen LogP contribution in [0.2, 0.25) is 0 Å². The van der Waals surface area contributed by atoms with Crippen LogP contribution < -0.4 is 10.5 Å². The van der Waals surface area contributed by atoms with Gasteiger partial charge in [0.1, 0.15) is 0 Å². The van der Waals surface area contributed by atoms with Gasteiger partial charge in [-0.1, -0.05) is 6.07 Å². The predicted molar refractivity (Wildman–Crippen MR) is 50.5 cm³/mol. The monoisotopic (exact) mass is 178 g/mol. The molecular weight excluding hydrogens is 164 g/mol. The van der Waals surface area contributed by atoms with Crippen molar-refractivity contribution in [1.29, 1.82) is 0 Å². The minimum Gasteiger partial charge on any atom is -0.481 e. The van der Waals surface area contributed by atoms with Crippen molar-refractivity contribution in [2.75, 3.05) is 7.11 Å². The van der Waals surface area contributed by atoms with Gasteiger partial charge in [-0.05, 0) is 25.3 Å². The molecule has 1 aliphatic rings. The molecule has 3 nitrogen and oxygen atoms in total. The maximum Gasteiger partial charge on any atom is 0.218 e. The second-order valence-corrected chi connectivity index (χ2v) is 3.57.